The molecule has 0 bridgehead atoms. The van der Waals surface area contributed by atoms with Gasteiger partial charge in [0.1, 0.15) is 16.9 Å². The number of benzene rings is 1. The lowest BCUT2D eigenvalue weighted by Crippen LogP contribution is -2.04. The van der Waals surface area contributed by atoms with Crippen molar-refractivity contribution in [3.8, 4) is 0 Å². The molecule has 5 heteroatoms. The Kier molecular flexibility index (Phi) is 5.31. The molecule has 102 valence electrons. The van der Waals surface area contributed by atoms with Crippen LogP contribution in [-0.4, -0.2) is 4.98 Å². The van der Waals surface area contributed by atoms with Gasteiger partial charge in [0.15, 0.2) is 0 Å². The summed E-state index contributed by atoms with van der Waals surface area (Å²) in [5, 5.41) is 2.83. The average Bonchev–Trinajstić information content (AvgIpc) is 2.90. The van der Waals surface area contributed by atoms with Gasteiger partial charge in [-0.05, 0) is 12.5 Å². The van der Waals surface area contributed by atoms with Gasteiger partial charge < -0.3 is 4.74 Å². The second-order valence-corrected chi connectivity index (χ2v) is 5.27. The van der Waals surface area contributed by atoms with Gasteiger partial charge in [0, 0.05) is 10.9 Å². The normalized spacial score (nSPS) is 12.6. The molecule has 1 aromatic carbocycles. The first-order chi connectivity index (χ1) is 9.24. The van der Waals surface area contributed by atoms with Crippen molar-refractivity contribution in [3.05, 3.63) is 51.7 Å². The Labute approximate surface area is 121 Å². The molecular formula is C14H15ClFNOS. The number of aromatic nitrogens is 1. The summed E-state index contributed by atoms with van der Waals surface area (Å²) >= 11 is 7.27. The lowest BCUT2D eigenvalue weighted by molar-refractivity contribution is 0.0354. The molecule has 0 spiro atoms. The topological polar surface area (TPSA) is 22.1 Å². The van der Waals surface area contributed by atoms with Gasteiger partial charge in [-0.3, -0.25) is 0 Å². The highest BCUT2D eigenvalue weighted by Gasteiger charge is 2.15. The van der Waals surface area contributed by atoms with Gasteiger partial charge in [-0.15, -0.1) is 22.9 Å². The quantitative estimate of drug-likeness (QED) is 0.722. The molecule has 0 N–H and O–H groups in total. The first-order valence-corrected chi connectivity index (χ1v) is 7.51. The Morgan fingerprint density at radius 2 is 2.21 bits per heavy atom. The third-order valence-corrected chi connectivity index (χ3v) is 4.01. The van der Waals surface area contributed by atoms with Crippen LogP contribution in [-0.2, 0) is 17.2 Å². The van der Waals surface area contributed by atoms with Gasteiger partial charge in [-0.1, -0.05) is 25.1 Å². The van der Waals surface area contributed by atoms with E-state index >= 15 is 0 Å². The fourth-order valence-corrected chi connectivity index (χ4v) is 2.88. The van der Waals surface area contributed by atoms with Crippen molar-refractivity contribution in [1.29, 1.82) is 0 Å². The van der Waals surface area contributed by atoms with E-state index in [0.29, 0.717) is 11.4 Å². The molecule has 2 nitrogen and oxygen atoms in total. The van der Waals surface area contributed by atoms with E-state index in [4.69, 9.17) is 16.3 Å². The molecule has 0 aliphatic heterocycles. The molecular weight excluding hydrogens is 285 g/mol. The second-order valence-electron chi connectivity index (χ2n) is 4.11. The van der Waals surface area contributed by atoms with Crippen LogP contribution in [0.2, 0.25) is 0 Å². The molecule has 2 aromatic rings. The van der Waals surface area contributed by atoms with Crippen molar-refractivity contribution < 1.29 is 9.13 Å². The van der Waals surface area contributed by atoms with Crippen molar-refractivity contribution >= 4 is 22.9 Å². The van der Waals surface area contributed by atoms with E-state index in [0.717, 1.165) is 17.1 Å². The fraction of sp³-hybridized carbons (Fsp3) is 0.357. The van der Waals surface area contributed by atoms with E-state index < -0.39 is 0 Å². The molecule has 0 saturated heterocycles. The molecule has 0 saturated carbocycles. The Balaban J connectivity index is 2.02. The zero-order valence-electron chi connectivity index (χ0n) is 10.6. The average molecular weight is 300 g/mol. The third kappa shape index (κ3) is 3.75. The molecule has 0 amide bonds. The van der Waals surface area contributed by atoms with Crippen molar-refractivity contribution in [2.75, 3.05) is 0 Å². The summed E-state index contributed by atoms with van der Waals surface area (Å²) in [6.07, 6.45) is 0.686. The van der Waals surface area contributed by atoms with Crippen LogP contribution >= 0.6 is 22.9 Å². The van der Waals surface area contributed by atoms with Gasteiger partial charge in [0.2, 0.25) is 0 Å². The molecule has 1 aromatic heterocycles. The standard InChI is InChI=1S/C14H15ClFNOS/c1-2-13(14-17-11(7-15)9-19-14)18-8-10-5-3-4-6-12(10)16/h3-6,9,13H,2,7-8H2,1H3. The van der Waals surface area contributed by atoms with Gasteiger partial charge in [0.05, 0.1) is 18.2 Å². The molecule has 19 heavy (non-hydrogen) atoms. The van der Waals surface area contributed by atoms with Gasteiger partial charge in [-0.25, -0.2) is 9.37 Å². The maximum absolute atomic E-state index is 13.5. The smallest absolute Gasteiger partial charge is 0.128 e. The molecule has 0 aliphatic rings. The molecule has 1 atom stereocenters. The number of halogens is 2. The third-order valence-electron chi connectivity index (χ3n) is 2.75. The number of ether oxygens (including phenoxy) is 1. The van der Waals surface area contributed by atoms with Gasteiger partial charge in [-0.2, -0.15) is 0 Å². The van der Waals surface area contributed by atoms with E-state index in [2.05, 4.69) is 4.98 Å². The SMILES string of the molecule is CCC(OCc1ccccc1F)c1nc(CCl)cs1. The second kappa shape index (κ2) is 6.98. The lowest BCUT2D eigenvalue weighted by Gasteiger charge is -2.13. The molecule has 2 rings (SSSR count). The minimum Gasteiger partial charge on any atom is -0.366 e. The molecule has 1 heterocycles. The summed E-state index contributed by atoms with van der Waals surface area (Å²) in [6.45, 7) is 2.27. The number of nitrogens with zero attached hydrogens (tertiary/aromatic N) is 1. The predicted molar refractivity (Wildman–Crippen MR) is 75.9 cm³/mol. The van der Waals surface area contributed by atoms with Crippen molar-refractivity contribution in [3.63, 3.8) is 0 Å². The van der Waals surface area contributed by atoms with Crippen LogP contribution in [0.4, 0.5) is 4.39 Å². The highest BCUT2D eigenvalue weighted by Crippen LogP contribution is 2.26. The lowest BCUT2D eigenvalue weighted by atomic mass is 10.2. The molecule has 0 radical (unpaired) electrons. The van der Waals surface area contributed by atoms with Crippen molar-refractivity contribution in [2.45, 2.75) is 31.9 Å². The Morgan fingerprint density at radius 1 is 1.42 bits per heavy atom. The van der Waals surface area contributed by atoms with Crippen molar-refractivity contribution in [2.24, 2.45) is 0 Å². The van der Waals surface area contributed by atoms with Crippen LogP contribution in [0.5, 0.6) is 0 Å². The first kappa shape index (κ1) is 14.4. The van der Waals surface area contributed by atoms with E-state index in [1.54, 1.807) is 18.2 Å². The number of alkyl halides is 1. The highest BCUT2D eigenvalue weighted by atomic mass is 35.5. The van der Waals surface area contributed by atoms with Crippen LogP contribution in [0.25, 0.3) is 0 Å². The summed E-state index contributed by atoms with van der Waals surface area (Å²) in [7, 11) is 0. The number of thiazole rings is 1. The zero-order chi connectivity index (χ0) is 13.7. The fourth-order valence-electron chi connectivity index (χ4n) is 1.70. The Bertz CT molecular complexity index is 532. The first-order valence-electron chi connectivity index (χ1n) is 6.09. The summed E-state index contributed by atoms with van der Waals surface area (Å²) in [5.74, 6) is 0.165. The molecule has 0 fully saturated rings. The van der Waals surface area contributed by atoms with Crippen LogP contribution in [0.1, 0.15) is 35.7 Å². The largest absolute Gasteiger partial charge is 0.366 e. The van der Waals surface area contributed by atoms with Gasteiger partial charge >= 0.3 is 0 Å². The number of hydrogen-bond acceptors (Lipinski definition) is 3. The number of rotatable bonds is 6. The molecule has 1 unspecified atom stereocenters. The number of hydrogen-bond donors (Lipinski definition) is 0. The van der Waals surface area contributed by atoms with Crippen LogP contribution in [0.3, 0.4) is 0 Å². The van der Waals surface area contributed by atoms with E-state index in [9.17, 15) is 4.39 Å². The summed E-state index contributed by atoms with van der Waals surface area (Å²) in [6, 6.07) is 6.64. The Morgan fingerprint density at radius 3 is 2.84 bits per heavy atom. The summed E-state index contributed by atoms with van der Waals surface area (Å²) < 4.78 is 19.3. The van der Waals surface area contributed by atoms with Gasteiger partial charge in [0.25, 0.3) is 0 Å². The minimum atomic E-state index is -0.238. The summed E-state index contributed by atoms with van der Waals surface area (Å²) in [5.41, 5.74) is 1.42. The van der Waals surface area contributed by atoms with E-state index in [1.165, 1.54) is 17.4 Å². The monoisotopic (exact) mass is 299 g/mol. The maximum atomic E-state index is 13.5. The van der Waals surface area contributed by atoms with Crippen LogP contribution in [0, 0.1) is 5.82 Å². The van der Waals surface area contributed by atoms with Crippen LogP contribution < -0.4 is 0 Å². The Hall–Kier alpha value is -0.970. The van der Waals surface area contributed by atoms with Crippen molar-refractivity contribution in [1.82, 2.24) is 4.98 Å². The van der Waals surface area contributed by atoms with E-state index in [1.807, 2.05) is 12.3 Å². The van der Waals surface area contributed by atoms with E-state index in [-0.39, 0.29) is 18.5 Å². The molecule has 0 aliphatic carbocycles. The maximum Gasteiger partial charge on any atom is 0.128 e. The summed E-state index contributed by atoms with van der Waals surface area (Å²) in [4.78, 5) is 4.40. The predicted octanol–water partition coefficient (Wildman–Crippen LogP) is 4.69. The zero-order valence-corrected chi connectivity index (χ0v) is 12.2. The minimum absolute atomic E-state index is 0.110. The van der Waals surface area contributed by atoms with Crippen LogP contribution in [0.15, 0.2) is 29.6 Å². The highest BCUT2D eigenvalue weighted by molar-refractivity contribution is 7.09.